The number of ether oxygens (including phenoxy) is 1. The maximum atomic E-state index is 9.91. The fourth-order valence-electron chi connectivity index (χ4n) is 2.76. The minimum absolute atomic E-state index is 0.335. The predicted molar refractivity (Wildman–Crippen MR) is 78.7 cm³/mol. The molecule has 2 N–H and O–H groups in total. The molecule has 3 unspecified atom stereocenters. The van der Waals surface area contributed by atoms with Gasteiger partial charge in [0.15, 0.2) is 0 Å². The monoisotopic (exact) mass is 281 g/mol. The Morgan fingerprint density at radius 2 is 2.30 bits per heavy atom. The maximum Gasteiger partial charge on any atom is 0.105 e. The third-order valence-electron chi connectivity index (χ3n) is 4.04. The highest BCUT2D eigenvalue weighted by atomic mass is 16.5. The largest absolute Gasteiger partial charge is 0.469 e. The average molecular weight is 281 g/mol. The summed E-state index contributed by atoms with van der Waals surface area (Å²) >= 11 is 0. The molecule has 4 heteroatoms. The van der Waals surface area contributed by atoms with Crippen molar-refractivity contribution >= 4 is 0 Å². The summed E-state index contributed by atoms with van der Waals surface area (Å²) in [6.45, 7) is 4.06. The molecule has 0 radical (unpaired) electrons. The predicted octanol–water partition coefficient (Wildman–Crippen LogP) is 2.37. The number of aliphatic hydroxyl groups is 1. The number of hydrogen-bond donors (Lipinski definition) is 2. The lowest BCUT2D eigenvalue weighted by Crippen LogP contribution is -2.35. The lowest BCUT2D eigenvalue weighted by molar-refractivity contribution is -0.0450. The number of aliphatic hydroxyl groups excluding tert-OH is 1. The van der Waals surface area contributed by atoms with Gasteiger partial charge in [-0.2, -0.15) is 0 Å². The highest BCUT2D eigenvalue weighted by Gasteiger charge is 2.22. The normalized spacial score (nSPS) is 24.7. The van der Waals surface area contributed by atoms with Crippen LogP contribution in [0.4, 0.5) is 0 Å². The summed E-state index contributed by atoms with van der Waals surface area (Å²) in [7, 11) is 0. The Hall–Kier alpha value is -0.840. The molecule has 1 heterocycles. The van der Waals surface area contributed by atoms with Gasteiger partial charge in [-0.3, -0.25) is 0 Å². The second kappa shape index (κ2) is 8.45. The SMILES string of the molecule is CC1CCCCC1OCC(O)CNCCc1ccco1. The number of furan rings is 1. The van der Waals surface area contributed by atoms with E-state index >= 15 is 0 Å². The molecule has 0 spiro atoms. The summed E-state index contributed by atoms with van der Waals surface area (Å²) in [5.41, 5.74) is 0. The smallest absolute Gasteiger partial charge is 0.105 e. The molecule has 114 valence electrons. The summed E-state index contributed by atoms with van der Waals surface area (Å²) in [6, 6.07) is 3.86. The van der Waals surface area contributed by atoms with Gasteiger partial charge in [-0.1, -0.05) is 19.8 Å². The highest BCUT2D eigenvalue weighted by molar-refractivity contribution is 4.98. The van der Waals surface area contributed by atoms with E-state index in [2.05, 4.69) is 12.2 Å². The van der Waals surface area contributed by atoms with Crippen molar-refractivity contribution in [1.82, 2.24) is 5.32 Å². The van der Waals surface area contributed by atoms with Crippen molar-refractivity contribution in [3.05, 3.63) is 24.2 Å². The minimum Gasteiger partial charge on any atom is -0.469 e. The minimum atomic E-state index is -0.430. The lowest BCUT2D eigenvalue weighted by Gasteiger charge is -2.29. The van der Waals surface area contributed by atoms with Gasteiger partial charge in [-0.15, -0.1) is 0 Å². The standard InChI is InChI=1S/C16H27NO3/c1-13-5-2-3-7-16(13)20-12-14(18)11-17-9-8-15-6-4-10-19-15/h4,6,10,13-14,16-18H,2-3,5,7-9,11-12H2,1H3. The van der Waals surface area contributed by atoms with Crippen LogP contribution in [-0.2, 0) is 11.2 Å². The van der Waals surface area contributed by atoms with Crippen molar-refractivity contribution in [2.24, 2.45) is 5.92 Å². The topological polar surface area (TPSA) is 54.6 Å². The lowest BCUT2D eigenvalue weighted by atomic mass is 9.88. The van der Waals surface area contributed by atoms with Crippen LogP contribution in [0.3, 0.4) is 0 Å². The molecule has 1 aliphatic rings. The van der Waals surface area contributed by atoms with E-state index in [9.17, 15) is 5.11 Å². The summed E-state index contributed by atoms with van der Waals surface area (Å²) in [5, 5.41) is 13.1. The summed E-state index contributed by atoms with van der Waals surface area (Å²) in [5.74, 6) is 1.60. The Kier molecular flexibility index (Phi) is 6.57. The molecule has 0 aliphatic heterocycles. The first-order valence-electron chi connectivity index (χ1n) is 7.78. The highest BCUT2D eigenvalue weighted by Crippen LogP contribution is 2.26. The van der Waals surface area contributed by atoms with Gasteiger partial charge in [0.25, 0.3) is 0 Å². The molecular weight excluding hydrogens is 254 g/mol. The second-order valence-electron chi connectivity index (χ2n) is 5.82. The average Bonchev–Trinajstić information content (AvgIpc) is 2.96. The van der Waals surface area contributed by atoms with Crippen LogP contribution in [0, 0.1) is 5.92 Å². The summed E-state index contributed by atoms with van der Waals surface area (Å²) < 4.78 is 11.1. The first-order valence-corrected chi connectivity index (χ1v) is 7.78. The van der Waals surface area contributed by atoms with Crippen LogP contribution < -0.4 is 5.32 Å². The van der Waals surface area contributed by atoms with E-state index in [-0.39, 0.29) is 0 Å². The maximum absolute atomic E-state index is 9.91. The quantitative estimate of drug-likeness (QED) is 0.718. The van der Waals surface area contributed by atoms with E-state index in [4.69, 9.17) is 9.15 Å². The van der Waals surface area contributed by atoms with E-state index in [0.717, 1.165) is 25.1 Å². The van der Waals surface area contributed by atoms with Crippen LogP contribution in [0.25, 0.3) is 0 Å². The zero-order valence-electron chi connectivity index (χ0n) is 12.4. The number of rotatable bonds is 8. The summed E-state index contributed by atoms with van der Waals surface area (Å²) in [4.78, 5) is 0. The van der Waals surface area contributed by atoms with E-state index in [1.165, 1.54) is 19.3 Å². The van der Waals surface area contributed by atoms with Crippen LogP contribution in [0.2, 0.25) is 0 Å². The Morgan fingerprint density at radius 1 is 1.45 bits per heavy atom. The Bertz CT molecular complexity index is 353. The molecule has 0 bridgehead atoms. The van der Waals surface area contributed by atoms with Crippen molar-refractivity contribution in [3.8, 4) is 0 Å². The molecule has 0 aromatic carbocycles. The molecule has 1 aromatic heterocycles. The Morgan fingerprint density at radius 3 is 3.05 bits per heavy atom. The van der Waals surface area contributed by atoms with Gasteiger partial charge in [0.05, 0.1) is 25.1 Å². The zero-order valence-corrected chi connectivity index (χ0v) is 12.4. The Labute approximate surface area is 121 Å². The second-order valence-corrected chi connectivity index (χ2v) is 5.82. The molecule has 4 nitrogen and oxygen atoms in total. The Balaban J connectivity index is 1.52. The first-order chi connectivity index (χ1) is 9.75. The van der Waals surface area contributed by atoms with Crippen molar-refractivity contribution in [2.45, 2.75) is 51.2 Å². The molecule has 1 aromatic rings. The molecule has 0 saturated heterocycles. The van der Waals surface area contributed by atoms with E-state index in [1.54, 1.807) is 6.26 Å². The molecular formula is C16H27NO3. The third-order valence-corrected chi connectivity index (χ3v) is 4.04. The van der Waals surface area contributed by atoms with Crippen molar-refractivity contribution in [3.63, 3.8) is 0 Å². The number of nitrogens with one attached hydrogen (secondary N) is 1. The van der Waals surface area contributed by atoms with Crippen LogP contribution in [0.15, 0.2) is 22.8 Å². The van der Waals surface area contributed by atoms with Gasteiger partial charge in [0.1, 0.15) is 5.76 Å². The molecule has 0 amide bonds. The van der Waals surface area contributed by atoms with Gasteiger partial charge in [-0.25, -0.2) is 0 Å². The molecule has 20 heavy (non-hydrogen) atoms. The van der Waals surface area contributed by atoms with Gasteiger partial charge in [0, 0.05) is 19.5 Å². The van der Waals surface area contributed by atoms with E-state index in [0.29, 0.717) is 25.2 Å². The van der Waals surface area contributed by atoms with Crippen LogP contribution in [0.5, 0.6) is 0 Å². The van der Waals surface area contributed by atoms with Crippen LogP contribution in [-0.4, -0.2) is 37.0 Å². The van der Waals surface area contributed by atoms with Gasteiger partial charge in [0.2, 0.25) is 0 Å². The first kappa shape index (κ1) is 15.5. The molecule has 1 fully saturated rings. The van der Waals surface area contributed by atoms with Gasteiger partial charge >= 0.3 is 0 Å². The van der Waals surface area contributed by atoms with Crippen molar-refractivity contribution in [2.75, 3.05) is 19.7 Å². The zero-order chi connectivity index (χ0) is 14.2. The fraction of sp³-hybridized carbons (Fsp3) is 0.750. The molecule has 1 saturated carbocycles. The molecule has 1 aliphatic carbocycles. The molecule has 3 atom stereocenters. The fourth-order valence-corrected chi connectivity index (χ4v) is 2.76. The van der Waals surface area contributed by atoms with Crippen molar-refractivity contribution < 1.29 is 14.3 Å². The van der Waals surface area contributed by atoms with Gasteiger partial charge in [-0.05, 0) is 30.9 Å². The van der Waals surface area contributed by atoms with Crippen LogP contribution >= 0.6 is 0 Å². The van der Waals surface area contributed by atoms with Crippen LogP contribution in [0.1, 0.15) is 38.4 Å². The van der Waals surface area contributed by atoms with E-state index < -0.39 is 6.10 Å². The van der Waals surface area contributed by atoms with Crippen molar-refractivity contribution in [1.29, 1.82) is 0 Å². The van der Waals surface area contributed by atoms with E-state index in [1.807, 2.05) is 12.1 Å². The van der Waals surface area contributed by atoms with Gasteiger partial charge < -0.3 is 19.6 Å². The third kappa shape index (κ3) is 5.27. The molecule has 2 rings (SSSR count). The summed E-state index contributed by atoms with van der Waals surface area (Å²) in [6.07, 6.45) is 7.40. The number of hydrogen-bond acceptors (Lipinski definition) is 4.